The first-order valence-corrected chi connectivity index (χ1v) is 4.06. The molecule has 13 heavy (non-hydrogen) atoms. The van der Waals surface area contributed by atoms with Crippen molar-refractivity contribution in [2.45, 2.75) is 31.1 Å². The van der Waals surface area contributed by atoms with Crippen molar-refractivity contribution in [1.82, 2.24) is 0 Å². The molecule has 1 unspecified atom stereocenters. The summed E-state index contributed by atoms with van der Waals surface area (Å²) in [5.41, 5.74) is 0. The monoisotopic (exact) mass is 218 g/mol. The molecule has 0 aromatic rings. The average molecular weight is 219 g/mol. The number of carbonyl (C=O) groups is 2. The van der Waals surface area contributed by atoms with Crippen LogP contribution in [0.3, 0.4) is 0 Å². The van der Waals surface area contributed by atoms with Crippen LogP contribution in [0.1, 0.15) is 25.7 Å². The summed E-state index contributed by atoms with van der Waals surface area (Å²) in [4.78, 5) is 20.2. The molecule has 0 rings (SSSR count). The van der Waals surface area contributed by atoms with E-state index in [1.54, 1.807) is 0 Å². The van der Waals surface area contributed by atoms with Gasteiger partial charge in [0, 0.05) is 6.42 Å². The van der Waals surface area contributed by atoms with Crippen molar-refractivity contribution in [3.8, 4) is 0 Å². The molecule has 0 radical (unpaired) electrons. The van der Waals surface area contributed by atoms with E-state index in [0.717, 1.165) is 0 Å². The predicted octanol–water partition coefficient (Wildman–Crippen LogP) is 0.675. The van der Waals surface area contributed by atoms with Gasteiger partial charge in [-0.15, -0.1) is 11.6 Å². The van der Waals surface area contributed by atoms with Gasteiger partial charge in [0.05, 0.1) is 0 Å². The Hall–Kier alpha value is 0.230. The first-order chi connectivity index (χ1) is 5.54. The number of hydrogen-bond donors (Lipinski definition) is 2. The Labute approximate surface area is 104 Å². The number of unbranched alkanes of at least 4 members (excludes halogenated alkanes) is 1. The second kappa shape index (κ2) is 8.81. The third kappa shape index (κ3) is 10.1. The molecular formula is C7H12ClNaO4. The standard InChI is InChI=1S/C7H11ClO4.Na.H/c8-5(7(11)12)3-1-2-4-6(9)10;;/h5H,1-4H2,(H,9,10)(H,11,12);;. The van der Waals surface area contributed by atoms with E-state index in [2.05, 4.69) is 0 Å². The molecular weight excluding hydrogens is 207 g/mol. The number of aliphatic carboxylic acids is 2. The zero-order chi connectivity index (χ0) is 9.56. The summed E-state index contributed by atoms with van der Waals surface area (Å²) in [5, 5.41) is 15.7. The molecule has 0 aliphatic rings. The third-order valence-corrected chi connectivity index (χ3v) is 1.77. The minimum absolute atomic E-state index is 0. The van der Waals surface area contributed by atoms with E-state index in [-0.39, 0.29) is 36.0 Å². The summed E-state index contributed by atoms with van der Waals surface area (Å²) in [5.74, 6) is -1.91. The van der Waals surface area contributed by atoms with E-state index in [9.17, 15) is 9.59 Å². The Bertz CT molecular complexity index is 174. The number of carboxylic acids is 2. The Morgan fingerprint density at radius 2 is 1.77 bits per heavy atom. The molecule has 0 aliphatic heterocycles. The zero-order valence-electron chi connectivity index (χ0n) is 6.49. The molecule has 0 heterocycles. The van der Waals surface area contributed by atoms with Crippen molar-refractivity contribution in [3.63, 3.8) is 0 Å². The quantitative estimate of drug-likeness (QED) is 0.391. The van der Waals surface area contributed by atoms with Crippen LogP contribution < -0.4 is 0 Å². The molecule has 0 aliphatic carbocycles. The Morgan fingerprint density at radius 3 is 2.15 bits per heavy atom. The van der Waals surface area contributed by atoms with Crippen molar-refractivity contribution in [1.29, 1.82) is 0 Å². The topological polar surface area (TPSA) is 74.6 Å². The minimum atomic E-state index is -1.05. The Kier molecular flexibility index (Phi) is 10.6. The van der Waals surface area contributed by atoms with E-state index in [4.69, 9.17) is 21.8 Å². The normalized spacial score (nSPS) is 11.5. The fourth-order valence-corrected chi connectivity index (χ4v) is 0.878. The van der Waals surface area contributed by atoms with Gasteiger partial charge in [0.2, 0.25) is 0 Å². The Morgan fingerprint density at radius 1 is 1.23 bits per heavy atom. The van der Waals surface area contributed by atoms with Gasteiger partial charge in [0.1, 0.15) is 5.38 Å². The second-order valence-corrected chi connectivity index (χ2v) is 2.97. The van der Waals surface area contributed by atoms with Gasteiger partial charge in [-0.2, -0.15) is 0 Å². The molecule has 0 aromatic carbocycles. The van der Waals surface area contributed by atoms with Gasteiger partial charge in [-0.1, -0.05) is 6.42 Å². The summed E-state index contributed by atoms with van der Waals surface area (Å²) in [6.07, 6.45) is 1.41. The molecule has 6 heteroatoms. The second-order valence-electron chi connectivity index (χ2n) is 2.45. The van der Waals surface area contributed by atoms with Crippen LogP contribution in [0.15, 0.2) is 0 Å². The van der Waals surface area contributed by atoms with Crippen LogP contribution in [0.25, 0.3) is 0 Å². The number of halogens is 1. The molecule has 2 N–H and O–H groups in total. The van der Waals surface area contributed by atoms with Crippen LogP contribution in [0.4, 0.5) is 0 Å². The number of rotatable bonds is 6. The molecule has 0 bridgehead atoms. The van der Waals surface area contributed by atoms with Gasteiger partial charge in [-0.3, -0.25) is 9.59 Å². The fraction of sp³-hybridized carbons (Fsp3) is 0.714. The Balaban J connectivity index is 0. The van der Waals surface area contributed by atoms with E-state index in [1.807, 2.05) is 0 Å². The summed E-state index contributed by atoms with van der Waals surface area (Å²) in [7, 11) is 0. The fourth-order valence-electron chi connectivity index (χ4n) is 0.723. The van der Waals surface area contributed by atoms with Crippen molar-refractivity contribution in [2.75, 3.05) is 0 Å². The molecule has 0 spiro atoms. The van der Waals surface area contributed by atoms with Gasteiger partial charge in [0.15, 0.2) is 0 Å². The van der Waals surface area contributed by atoms with Crippen molar-refractivity contribution >= 4 is 53.1 Å². The van der Waals surface area contributed by atoms with Gasteiger partial charge < -0.3 is 10.2 Å². The summed E-state index contributed by atoms with van der Waals surface area (Å²) in [6.45, 7) is 0. The van der Waals surface area contributed by atoms with E-state index in [1.165, 1.54) is 0 Å². The number of carboxylic acid groups (broad SMARTS) is 2. The van der Waals surface area contributed by atoms with Crippen LogP contribution in [0.2, 0.25) is 0 Å². The molecule has 1 atom stereocenters. The van der Waals surface area contributed by atoms with Gasteiger partial charge >= 0.3 is 41.5 Å². The van der Waals surface area contributed by atoms with Crippen molar-refractivity contribution in [3.05, 3.63) is 0 Å². The molecule has 0 saturated heterocycles. The van der Waals surface area contributed by atoms with Crippen molar-refractivity contribution < 1.29 is 19.8 Å². The SMILES string of the molecule is O=C(O)CCCCC(Cl)C(=O)O.[NaH]. The first kappa shape index (κ1) is 15.7. The maximum absolute atomic E-state index is 10.2. The van der Waals surface area contributed by atoms with Crippen LogP contribution in [0, 0.1) is 0 Å². The van der Waals surface area contributed by atoms with Crippen LogP contribution in [-0.2, 0) is 9.59 Å². The third-order valence-electron chi connectivity index (χ3n) is 1.37. The molecule has 4 nitrogen and oxygen atoms in total. The van der Waals surface area contributed by atoms with E-state index >= 15 is 0 Å². The predicted molar refractivity (Wildman–Crippen MR) is 50.5 cm³/mol. The molecule has 0 aromatic heterocycles. The summed E-state index contributed by atoms with van der Waals surface area (Å²) in [6, 6.07) is 0. The molecule has 0 saturated carbocycles. The first-order valence-electron chi connectivity index (χ1n) is 3.62. The van der Waals surface area contributed by atoms with Crippen molar-refractivity contribution in [2.24, 2.45) is 0 Å². The van der Waals surface area contributed by atoms with Gasteiger partial charge in [-0.05, 0) is 12.8 Å². The average Bonchev–Trinajstić information content (AvgIpc) is 1.97. The summed E-state index contributed by atoms with van der Waals surface area (Å²) < 4.78 is 0. The number of hydrogen-bond acceptors (Lipinski definition) is 2. The molecule has 72 valence electrons. The number of alkyl halides is 1. The molecule has 0 fully saturated rings. The van der Waals surface area contributed by atoms with Crippen LogP contribution >= 0.6 is 11.6 Å². The van der Waals surface area contributed by atoms with Gasteiger partial charge in [-0.25, -0.2) is 0 Å². The molecule has 0 amide bonds. The summed E-state index contributed by atoms with van der Waals surface area (Å²) >= 11 is 5.38. The maximum atomic E-state index is 10.2. The van der Waals surface area contributed by atoms with E-state index in [0.29, 0.717) is 19.3 Å². The zero-order valence-corrected chi connectivity index (χ0v) is 7.25. The van der Waals surface area contributed by atoms with Gasteiger partial charge in [0.25, 0.3) is 0 Å². The van der Waals surface area contributed by atoms with Crippen LogP contribution in [0.5, 0.6) is 0 Å². The van der Waals surface area contributed by atoms with E-state index < -0.39 is 17.3 Å². The van der Waals surface area contributed by atoms with Crippen LogP contribution in [-0.4, -0.2) is 57.1 Å².